The molecule has 0 fully saturated rings. The van der Waals surface area contributed by atoms with E-state index in [0.717, 1.165) is 0 Å². The van der Waals surface area contributed by atoms with E-state index < -0.39 is 0 Å². The Morgan fingerprint density at radius 1 is 1.67 bits per heavy atom. The van der Waals surface area contributed by atoms with Crippen LogP contribution in [0.5, 0.6) is 0 Å². The standard InChI is InChI=1S/C6H7ClFN/c1-9-4-2-3-6(7)5-8/h2-5H,1H3/b3-2-,6-5-,9-4?. The van der Waals surface area contributed by atoms with Crippen LogP contribution in [0.4, 0.5) is 4.39 Å². The summed E-state index contributed by atoms with van der Waals surface area (Å²) in [5.41, 5.74) is 0. The monoisotopic (exact) mass is 147 g/mol. The van der Waals surface area contributed by atoms with Crippen LogP contribution in [-0.2, 0) is 0 Å². The molecular weight excluding hydrogens is 141 g/mol. The fourth-order valence-electron chi connectivity index (χ4n) is 0.257. The highest BCUT2D eigenvalue weighted by Gasteiger charge is 1.78. The topological polar surface area (TPSA) is 12.4 Å². The van der Waals surface area contributed by atoms with Gasteiger partial charge in [-0.2, -0.15) is 0 Å². The Morgan fingerprint density at radius 2 is 2.33 bits per heavy atom. The molecule has 0 spiro atoms. The van der Waals surface area contributed by atoms with Gasteiger partial charge in [-0.3, -0.25) is 4.99 Å². The van der Waals surface area contributed by atoms with Gasteiger partial charge in [0.2, 0.25) is 0 Å². The van der Waals surface area contributed by atoms with Crippen LogP contribution in [0, 0.1) is 0 Å². The molecular formula is C6H7ClFN. The Kier molecular flexibility index (Phi) is 5.12. The maximum absolute atomic E-state index is 11.4. The van der Waals surface area contributed by atoms with Gasteiger partial charge in [0.15, 0.2) is 0 Å². The van der Waals surface area contributed by atoms with Crippen molar-refractivity contribution < 1.29 is 4.39 Å². The predicted octanol–water partition coefficient (Wildman–Crippen LogP) is 2.29. The molecule has 0 heterocycles. The molecule has 0 atom stereocenters. The fourth-order valence-corrected chi connectivity index (χ4v) is 0.330. The van der Waals surface area contributed by atoms with Gasteiger partial charge >= 0.3 is 0 Å². The summed E-state index contributed by atoms with van der Waals surface area (Å²) in [7, 11) is 1.62. The van der Waals surface area contributed by atoms with Crippen molar-refractivity contribution in [2.75, 3.05) is 7.05 Å². The van der Waals surface area contributed by atoms with Crippen LogP contribution in [0.2, 0.25) is 0 Å². The van der Waals surface area contributed by atoms with Crippen molar-refractivity contribution in [1.29, 1.82) is 0 Å². The smallest absolute Gasteiger partial charge is 0.105 e. The van der Waals surface area contributed by atoms with E-state index in [2.05, 4.69) is 4.99 Å². The maximum atomic E-state index is 11.4. The summed E-state index contributed by atoms with van der Waals surface area (Å²) in [5.74, 6) is 0. The van der Waals surface area contributed by atoms with Crippen molar-refractivity contribution in [2.24, 2.45) is 4.99 Å². The molecule has 0 aromatic heterocycles. The number of allylic oxidation sites excluding steroid dienone is 3. The number of hydrogen-bond donors (Lipinski definition) is 0. The van der Waals surface area contributed by atoms with Crippen molar-refractivity contribution in [3.8, 4) is 0 Å². The van der Waals surface area contributed by atoms with Gasteiger partial charge in [0, 0.05) is 13.3 Å². The Bertz CT molecular complexity index is 149. The zero-order valence-corrected chi connectivity index (χ0v) is 5.77. The minimum absolute atomic E-state index is 0.0647. The third-order valence-corrected chi connectivity index (χ3v) is 0.803. The van der Waals surface area contributed by atoms with Crippen LogP contribution in [-0.4, -0.2) is 13.3 Å². The Balaban J connectivity index is 3.71. The summed E-state index contributed by atoms with van der Waals surface area (Å²) in [4.78, 5) is 3.62. The van der Waals surface area contributed by atoms with Gasteiger partial charge in [-0.25, -0.2) is 4.39 Å². The first kappa shape index (κ1) is 8.37. The second-order valence-electron chi connectivity index (χ2n) is 1.26. The van der Waals surface area contributed by atoms with E-state index in [1.165, 1.54) is 12.3 Å². The lowest BCUT2D eigenvalue weighted by atomic mass is 10.5. The quantitative estimate of drug-likeness (QED) is 0.420. The Morgan fingerprint density at radius 3 is 2.78 bits per heavy atom. The highest BCUT2D eigenvalue weighted by atomic mass is 35.5. The molecule has 0 unspecified atom stereocenters. The summed E-state index contributed by atoms with van der Waals surface area (Å²) in [6.45, 7) is 0. The molecule has 0 aliphatic carbocycles. The van der Waals surface area contributed by atoms with E-state index in [1.807, 2.05) is 0 Å². The summed E-state index contributed by atoms with van der Waals surface area (Å²) < 4.78 is 11.4. The number of halogens is 2. The van der Waals surface area contributed by atoms with Gasteiger partial charge in [0.1, 0.15) is 6.33 Å². The zero-order valence-electron chi connectivity index (χ0n) is 5.01. The van der Waals surface area contributed by atoms with Gasteiger partial charge in [0.25, 0.3) is 0 Å². The molecule has 0 bridgehead atoms. The molecule has 0 aliphatic rings. The van der Waals surface area contributed by atoms with Crippen LogP contribution >= 0.6 is 11.6 Å². The summed E-state index contributed by atoms with van der Waals surface area (Å²) >= 11 is 5.24. The SMILES string of the molecule is CN=C/C=C\C(Cl)=C\F. The normalized spacial score (nSPS) is 13.9. The average Bonchev–Trinajstić information content (AvgIpc) is 1.89. The van der Waals surface area contributed by atoms with Crippen LogP contribution in [0.15, 0.2) is 28.5 Å². The Hall–Kier alpha value is -0.630. The van der Waals surface area contributed by atoms with Crippen LogP contribution < -0.4 is 0 Å². The second-order valence-corrected chi connectivity index (χ2v) is 1.70. The van der Waals surface area contributed by atoms with Crippen molar-refractivity contribution in [3.05, 3.63) is 23.5 Å². The molecule has 0 aromatic rings. The number of rotatable bonds is 2. The van der Waals surface area contributed by atoms with E-state index in [1.54, 1.807) is 13.1 Å². The lowest BCUT2D eigenvalue weighted by molar-refractivity contribution is 0.719. The molecule has 0 aliphatic heterocycles. The van der Waals surface area contributed by atoms with E-state index in [4.69, 9.17) is 11.6 Å². The fraction of sp³-hybridized carbons (Fsp3) is 0.167. The lowest BCUT2D eigenvalue weighted by Crippen LogP contribution is -1.63. The molecule has 1 nitrogen and oxygen atoms in total. The summed E-state index contributed by atoms with van der Waals surface area (Å²) in [5, 5.41) is 0.0647. The van der Waals surface area contributed by atoms with Crippen molar-refractivity contribution in [1.82, 2.24) is 0 Å². The number of aliphatic imine (C=N–C) groups is 1. The molecule has 3 heteroatoms. The maximum Gasteiger partial charge on any atom is 0.105 e. The molecule has 0 amide bonds. The second kappa shape index (κ2) is 5.51. The highest BCUT2D eigenvalue weighted by molar-refractivity contribution is 6.31. The molecule has 9 heavy (non-hydrogen) atoms. The molecule has 50 valence electrons. The number of hydrogen-bond acceptors (Lipinski definition) is 1. The third kappa shape index (κ3) is 5.24. The van der Waals surface area contributed by atoms with Crippen molar-refractivity contribution >= 4 is 17.8 Å². The first-order valence-corrected chi connectivity index (χ1v) is 2.73. The first-order valence-electron chi connectivity index (χ1n) is 2.36. The van der Waals surface area contributed by atoms with Crippen LogP contribution in [0.3, 0.4) is 0 Å². The molecule has 0 saturated carbocycles. The first-order chi connectivity index (χ1) is 4.31. The Labute approximate surface area is 58.5 Å². The van der Waals surface area contributed by atoms with Crippen LogP contribution in [0.1, 0.15) is 0 Å². The van der Waals surface area contributed by atoms with E-state index in [0.29, 0.717) is 6.33 Å². The molecule has 0 aromatic carbocycles. The lowest BCUT2D eigenvalue weighted by Gasteiger charge is -1.77. The summed E-state index contributed by atoms with van der Waals surface area (Å²) in [6, 6.07) is 0. The zero-order chi connectivity index (χ0) is 7.11. The average molecular weight is 148 g/mol. The van der Waals surface area contributed by atoms with E-state index in [9.17, 15) is 4.39 Å². The van der Waals surface area contributed by atoms with Crippen LogP contribution in [0.25, 0.3) is 0 Å². The van der Waals surface area contributed by atoms with Gasteiger partial charge < -0.3 is 0 Å². The molecule has 0 saturated heterocycles. The van der Waals surface area contributed by atoms with Crippen molar-refractivity contribution in [2.45, 2.75) is 0 Å². The molecule has 0 N–H and O–H groups in total. The minimum atomic E-state index is 0.0647. The van der Waals surface area contributed by atoms with Gasteiger partial charge in [-0.15, -0.1) is 0 Å². The van der Waals surface area contributed by atoms with E-state index in [-0.39, 0.29) is 5.03 Å². The summed E-state index contributed by atoms with van der Waals surface area (Å²) in [6.07, 6.45) is 4.81. The van der Waals surface area contributed by atoms with Gasteiger partial charge in [-0.05, 0) is 12.2 Å². The minimum Gasteiger partial charge on any atom is -0.297 e. The third-order valence-electron chi connectivity index (χ3n) is 0.595. The largest absolute Gasteiger partial charge is 0.297 e. The number of nitrogens with zero attached hydrogens (tertiary/aromatic N) is 1. The van der Waals surface area contributed by atoms with E-state index >= 15 is 0 Å². The van der Waals surface area contributed by atoms with Gasteiger partial charge in [-0.1, -0.05) is 11.6 Å². The highest BCUT2D eigenvalue weighted by Crippen LogP contribution is 2.01. The van der Waals surface area contributed by atoms with Gasteiger partial charge in [0.05, 0.1) is 5.03 Å². The molecule has 0 rings (SSSR count). The predicted molar refractivity (Wildman–Crippen MR) is 38.6 cm³/mol. The molecule has 0 radical (unpaired) electrons. The van der Waals surface area contributed by atoms with Crippen molar-refractivity contribution in [3.63, 3.8) is 0 Å².